The van der Waals surface area contributed by atoms with Crippen LogP contribution >= 0.6 is 0 Å². The molecule has 2 aliphatic heterocycles. The number of amides is 1. The van der Waals surface area contributed by atoms with Crippen LogP contribution in [0.3, 0.4) is 0 Å². The first-order valence-corrected chi connectivity index (χ1v) is 8.08. The largest absolute Gasteiger partial charge is 0.444 e. The van der Waals surface area contributed by atoms with Gasteiger partial charge in [0.2, 0.25) is 0 Å². The number of nitrogens with zero attached hydrogens (tertiary/aromatic N) is 1. The zero-order valence-corrected chi connectivity index (χ0v) is 13.9. The van der Waals surface area contributed by atoms with Crippen LogP contribution in [0.2, 0.25) is 0 Å². The Morgan fingerprint density at radius 3 is 2.57 bits per heavy atom. The molecule has 1 fully saturated rings. The fourth-order valence-electron chi connectivity index (χ4n) is 3.27. The summed E-state index contributed by atoms with van der Waals surface area (Å²) in [4.78, 5) is 14.2. The minimum absolute atomic E-state index is 0.0193. The van der Waals surface area contributed by atoms with Gasteiger partial charge >= 0.3 is 12.2 Å². The van der Waals surface area contributed by atoms with Gasteiger partial charge in [-0.05, 0) is 52.9 Å². The van der Waals surface area contributed by atoms with Crippen LogP contribution in [0.15, 0.2) is 23.6 Å². The first-order valence-electron chi connectivity index (χ1n) is 8.08. The molecule has 0 N–H and O–H groups in total. The highest BCUT2D eigenvalue weighted by Gasteiger charge is 2.39. The molecule has 0 spiro atoms. The summed E-state index contributed by atoms with van der Waals surface area (Å²) in [5, 5.41) is 0. The summed E-state index contributed by atoms with van der Waals surface area (Å²) in [6.07, 6.45) is 2.68. The van der Waals surface area contributed by atoms with Gasteiger partial charge in [-0.25, -0.2) is 9.18 Å². The van der Waals surface area contributed by atoms with Gasteiger partial charge in [0.15, 0.2) is 5.83 Å². The van der Waals surface area contributed by atoms with Crippen molar-refractivity contribution in [3.8, 4) is 0 Å². The zero-order valence-electron chi connectivity index (χ0n) is 13.9. The number of piperidine rings is 1. The monoisotopic (exact) mass is 331 g/mol. The predicted molar refractivity (Wildman–Crippen MR) is 81.8 cm³/mol. The fraction of sp³-hybridized carbons (Fsp3) is 0.706. The second-order valence-electron chi connectivity index (χ2n) is 7.23. The average Bonchev–Trinajstić information content (AvgIpc) is 2.41. The maximum Gasteiger partial charge on any atom is 0.411 e. The highest BCUT2D eigenvalue weighted by molar-refractivity contribution is 5.70. The van der Waals surface area contributed by atoms with Gasteiger partial charge in [0.1, 0.15) is 5.60 Å². The van der Waals surface area contributed by atoms with Crippen LogP contribution in [-0.2, 0) is 4.74 Å². The van der Waals surface area contributed by atoms with Crippen molar-refractivity contribution in [1.82, 2.24) is 4.90 Å². The second kappa shape index (κ2) is 6.97. The number of fused-ring (bicyclic) bond motifs is 2. The van der Waals surface area contributed by atoms with E-state index >= 15 is 0 Å². The van der Waals surface area contributed by atoms with Gasteiger partial charge in [-0.1, -0.05) is 11.6 Å². The van der Waals surface area contributed by atoms with Gasteiger partial charge < -0.3 is 4.74 Å². The molecule has 6 heteroatoms. The van der Waals surface area contributed by atoms with Crippen LogP contribution in [0, 0.1) is 0 Å². The van der Waals surface area contributed by atoms with Crippen molar-refractivity contribution < 1.29 is 22.7 Å². The molecule has 2 heterocycles. The van der Waals surface area contributed by atoms with Crippen molar-refractivity contribution in [1.29, 1.82) is 0 Å². The highest BCUT2D eigenvalue weighted by Crippen LogP contribution is 2.36. The van der Waals surface area contributed by atoms with Gasteiger partial charge in [0.05, 0.1) is 6.04 Å². The quantitative estimate of drug-likeness (QED) is 0.654. The minimum Gasteiger partial charge on any atom is -0.444 e. The Hall–Kier alpha value is -1.46. The first kappa shape index (κ1) is 17.9. The molecule has 2 unspecified atom stereocenters. The number of hydrogen-bond donors (Lipinski definition) is 0. The van der Waals surface area contributed by atoms with Crippen LogP contribution in [0.1, 0.15) is 59.3 Å². The van der Waals surface area contributed by atoms with Gasteiger partial charge in [0, 0.05) is 12.5 Å². The Balaban J connectivity index is 2.07. The Labute approximate surface area is 135 Å². The average molecular weight is 331 g/mol. The number of rotatable bonds is 3. The molecule has 2 aliphatic rings. The fourth-order valence-corrected chi connectivity index (χ4v) is 3.27. The lowest BCUT2D eigenvalue weighted by molar-refractivity contribution is -0.00158. The summed E-state index contributed by atoms with van der Waals surface area (Å²) in [6, 6.07) is -0.0551. The molecular formula is C17H24F3NO2. The number of halogens is 3. The minimum atomic E-state index is -2.24. The molecule has 2 rings (SSSR count). The maximum atomic E-state index is 13.0. The van der Waals surface area contributed by atoms with Gasteiger partial charge in [-0.15, -0.1) is 0 Å². The third-order valence-corrected chi connectivity index (χ3v) is 4.19. The number of hydrogen-bond acceptors (Lipinski definition) is 2. The predicted octanol–water partition coefficient (Wildman–Crippen LogP) is 5.33. The Bertz CT molecular complexity index is 518. The normalized spacial score (nSPS) is 24.1. The molecule has 0 aromatic rings. The van der Waals surface area contributed by atoms with Crippen molar-refractivity contribution in [3.63, 3.8) is 0 Å². The lowest BCUT2D eigenvalue weighted by atomic mass is 9.84. The summed E-state index contributed by atoms with van der Waals surface area (Å²) < 4.78 is 42.8. The molecule has 0 radical (unpaired) electrons. The van der Waals surface area contributed by atoms with E-state index in [1.165, 1.54) is 0 Å². The van der Waals surface area contributed by atoms with Crippen LogP contribution in [0.4, 0.5) is 18.0 Å². The first-order chi connectivity index (χ1) is 10.7. The second-order valence-corrected chi connectivity index (χ2v) is 7.23. The van der Waals surface area contributed by atoms with Crippen molar-refractivity contribution in [2.24, 2.45) is 0 Å². The third-order valence-electron chi connectivity index (χ3n) is 4.19. The van der Waals surface area contributed by atoms with E-state index in [0.717, 1.165) is 24.8 Å². The standard InChI is InChI=1S/C17H24F3NO2/c1-17(2,3)23-16(22)21-12-5-4-6-13(21)10-11(9-12)7-8-14(18)15(19)20/h9,12-13H,4-8,10H2,1-3H3. The van der Waals surface area contributed by atoms with Crippen LogP contribution in [-0.4, -0.2) is 28.7 Å². The molecule has 130 valence electrons. The number of carbonyl (C=O) groups is 1. The summed E-state index contributed by atoms with van der Waals surface area (Å²) in [5.41, 5.74) is 0.401. The molecule has 0 aromatic heterocycles. The van der Waals surface area contributed by atoms with Crippen LogP contribution in [0.5, 0.6) is 0 Å². The topological polar surface area (TPSA) is 29.5 Å². The van der Waals surface area contributed by atoms with Gasteiger partial charge in [-0.3, -0.25) is 4.90 Å². The number of ether oxygens (including phenoxy) is 1. The van der Waals surface area contributed by atoms with E-state index in [4.69, 9.17) is 4.74 Å². The molecule has 2 bridgehead atoms. The smallest absolute Gasteiger partial charge is 0.411 e. The highest BCUT2D eigenvalue weighted by atomic mass is 19.3. The van der Waals surface area contributed by atoms with E-state index in [1.807, 2.05) is 26.8 Å². The zero-order chi connectivity index (χ0) is 17.2. The van der Waals surface area contributed by atoms with Crippen LogP contribution in [0.25, 0.3) is 0 Å². The third kappa shape index (κ3) is 4.75. The van der Waals surface area contributed by atoms with Gasteiger partial charge in [0.25, 0.3) is 0 Å². The Kier molecular flexibility index (Phi) is 5.42. The van der Waals surface area contributed by atoms with E-state index in [2.05, 4.69) is 0 Å². The molecule has 1 amide bonds. The lowest BCUT2D eigenvalue weighted by Crippen LogP contribution is -2.53. The van der Waals surface area contributed by atoms with Crippen molar-refractivity contribution in [2.75, 3.05) is 0 Å². The molecule has 0 saturated carbocycles. The van der Waals surface area contributed by atoms with E-state index in [9.17, 15) is 18.0 Å². The van der Waals surface area contributed by atoms with Crippen molar-refractivity contribution >= 4 is 6.09 Å². The summed E-state index contributed by atoms with van der Waals surface area (Å²) in [5.74, 6) is -1.34. The summed E-state index contributed by atoms with van der Waals surface area (Å²) >= 11 is 0. The molecule has 3 nitrogen and oxygen atoms in total. The van der Waals surface area contributed by atoms with Crippen molar-refractivity contribution in [3.05, 3.63) is 23.6 Å². The summed E-state index contributed by atoms with van der Waals surface area (Å²) in [7, 11) is 0. The van der Waals surface area contributed by atoms with E-state index < -0.39 is 17.5 Å². The van der Waals surface area contributed by atoms with Gasteiger partial charge in [-0.2, -0.15) is 8.78 Å². The van der Waals surface area contributed by atoms with Crippen LogP contribution < -0.4 is 0 Å². The van der Waals surface area contributed by atoms with E-state index in [0.29, 0.717) is 6.42 Å². The van der Waals surface area contributed by atoms with Crippen molar-refractivity contribution in [2.45, 2.75) is 77.0 Å². The maximum absolute atomic E-state index is 13.0. The number of allylic oxidation sites excluding steroid dienone is 1. The Morgan fingerprint density at radius 1 is 1.30 bits per heavy atom. The molecule has 23 heavy (non-hydrogen) atoms. The summed E-state index contributed by atoms with van der Waals surface area (Å²) in [6.45, 7) is 5.48. The number of carbonyl (C=O) groups excluding carboxylic acids is 1. The molecule has 0 aliphatic carbocycles. The van der Waals surface area contributed by atoms with E-state index in [1.54, 1.807) is 4.90 Å². The molecule has 2 atom stereocenters. The Morgan fingerprint density at radius 2 is 2.00 bits per heavy atom. The SMILES string of the molecule is CC(C)(C)OC(=O)N1C2C=C(CCC(F)=C(F)F)CC1CCC2. The molecule has 1 saturated heterocycles. The molecule has 0 aromatic carbocycles. The molecular weight excluding hydrogens is 307 g/mol. The lowest BCUT2D eigenvalue weighted by Gasteiger charge is -2.45. The van der Waals surface area contributed by atoms with E-state index in [-0.39, 0.29) is 31.0 Å².